The Morgan fingerprint density at radius 2 is 2.00 bits per heavy atom. The van der Waals surface area contributed by atoms with E-state index in [1.807, 2.05) is 31.2 Å². The van der Waals surface area contributed by atoms with Crippen molar-refractivity contribution in [2.75, 3.05) is 12.3 Å². The number of aryl methyl sites for hydroxylation is 1. The number of amides is 1. The Balaban J connectivity index is 0.00000192. The van der Waals surface area contributed by atoms with Crippen molar-refractivity contribution in [2.24, 2.45) is 0 Å². The fourth-order valence-electron chi connectivity index (χ4n) is 2.77. The van der Waals surface area contributed by atoms with Crippen LogP contribution < -0.4 is 11.1 Å². The summed E-state index contributed by atoms with van der Waals surface area (Å²) in [7, 11) is 0. The maximum Gasteiger partial charge on any atom is 0.251 e. The largest absolute Gasteiger partial charge is 0.399 e. The normalized spacial score (nSPS) is 14.7. The topological polar surface area (TPSA) is 55.1 Å². The molecule has 0 bridgehead atoms. The van der Waals surface area contributed by atoms with E-state index in [1.165, 1.54) is 5.56 Å². The number of benzene rings is 2. The fraction of sp³-hybridized carbons (Fsp3) is 0.278. The van der Waals surface area contributed by atoms with E-state index >= 15 is 0 Å². The summed E-state index contributed by atoms with van der Waals surface area (Å²) in [6.45, 7) is 2.54. The Hall–Kier alpha value is -1.71. The average Bonchev–Trinajstić information content (AvgIpc) is 3.28. The molecule has 2 aromatic carbocycles. The van der Waals surface area contributed by atoms with Crippen molar-refractivity contribution in [3.05, 3.63) is 64.2 Å². The molecule has 1 amide bonds. The van der Waals surface area contributed by atoms with Crippen LogP contribution in [0.2, 0.25) is 5.02 Å². The van der Waals surface area contributed by atoms with Crippen LogP contribution in [0.4, 0.5) is 5.69 Å². The molecule has 5 heteroatoms. The van der Waals surface area contributed by atoms with Gasteiger partial charge in [-0.2, -0.15) is 0 Å². The third kappa shape index (κ3) is 3.80. The van der Waals surface area contributed by atoms with Crippen LogP contribution in [0.3, 0.4) is 0 Å². The van der Waals surface area contributed by atoms with E-state index in [9.17, 15) is 4.79 Å². The van der Waals surface area contributed by atoms with E-state index in [0.29, 0.717) is 17.8 Å². The van der Waals surface area contributed by atoms with Gasteiger partial charge >= 0.3 is 0 Å². The minimum atomic E-state index is -0.0712. The van der Waals surface area contributed by atoms with Gasteiger partial charge in [-0.05, 0) is 55.2 Å². The summed E-state index contributed by atoms with van der Waals surface area (Å²) in [4.78, 5) is 12.4. The van der Waals surface area contributed by atoms with E-state index < -0.39 is 0 Å². The number of carbonyl (C=O) groups is 1. The first-order valence-electron chi connectivity index (χ1n) is 7.41. The predicted molar refractivity (Wildman–Crippen MR) is 97.5 cm³/mol. The highest BCUT2D eigenvalue weighted by molar-refractivity contribution is 6.30. The van der Waals surface area contributed by atoms with Crippen LogP contribution in [0, 0.1) is 6.92 Å². The summed E-state index contributed by atoms with van der Waals surface area (Å²) in [5.41, 5.74) is 9.18. The number of rotatable bonds is 4. The van der Waals surface area contributed by atoms with Gasteiger partial charge in [0.05, 0.1) is 0 Å². The lowest BCUT2D eigenvalue weighted by Crippen LogP contribution is -2.32. The van der Waals surface area contributed by atoms with Crippen molar-refractivity contribution >= 4 is 35.6 Å². The standard InChI is InChI=1S/C18H19ClN2O.ClH/c1-12-5-6-15(20)10-16(12)17(22)21-11-18(7-8-18)13-3-2-4-14(19)9-13;/h2-6,9-10H,7-8,11,20H2,1H3,(H,21,22);1H. The van der Waals surface area contributed by atoms with Gasteiger partial charge in [-0.3, -0.25) is 4.79 Å². The molecule has 1 saturated carbocycles. The lowest BCUT2D eigenvalue weighted by atomic mass is 9.95. The van der Waals surface area contributed by atoms with E-state index in [1.54, 1.807) is 12.1 Å². The molecular formula is C18H20Cl2N2O. The molecule has 1 aliphatic carbocycles. The number of hydrogen-bond acceptors (Lipinski definition) is 2. The molecular weight excluding hydrogens is 331 g/mol. The van der Waals surface area contributed by atoms with Crippen LogP contribution in [0.25, 0.3) is 0 Å². The molecule has 1 fully saturated rings. The Kier molecular flexibility index (Phi) is 5.23. The van der Waals surface area contributed by atoms with E-state index in [-0.39, 0.29) is 23.7 Å². The minimum Gasteiger partial charge on any atom is -0.399 e. The maximum absolute atomic E-state index is 12.4. The second-order valence-electron chi connectivity index (χ2n) is 6.05. The second kappa shape index (κ2) is 6.81. The lowest BCUT2D eigenvalue weighted by molar-refractivity contribution is 0.0949. The number of nitrogen functional groups attached to an aromatic ring is 1. The first kappa shape index (κ1) is 17.6. The monoisotopic (exact) mass is 350 g/mol. The summed E-state index contributed by atoms with van der Waals surface area (Å²) in [6, 6.07) is 13.3. The molecule has 0 radical (unpaired) electrons. The second-order valence-corrected chi connectivity index (χ2v) is 6.48. The number of carbonyl (C=O) groups excluding carboxylic acids is 1. The SMILES string of the molecule is Cc1ccc(N)cc1C(=O)NCC1(c2cccc(Cl)c2)CC1.Cl. The molecule has 0 atom stereocenters. The molecule has 3 rings (SSSR count). The van der Waals surface area contributed by atoms with Crippen molar-refractivity contribution in [1.82, 2.24) is 5.32 Å². The Morgan fingerprint density at radius 1 is 1.26 bits per heavy atom. The highest BCUT2D eigenvalue weighted by atomic mass is 35.5. The molecule has 122 valence electrons. The van der Waals surface area contributed by atoms with Crippen molar-refractivity contribution in [1.29, 1.82) is 0 Å². The summed E-state index contributed by atoms with van der Waals surface area (Å²) >= 11 is 6.07. The predicted octanol–water partition coefficient (Wildman–Crippen LogP) is 4.11. The third-order valence-corrected chi connectivity index (χ3v) is 4.62. The number of hydrogen-bond donors (Lipinski definition) is 2. The average molecular weight is 351 g/mol. The zero-order chi connectivity index (χ0) is 15.7. The highest BCUT2D eigenvalue weighted by Crippen LogP contribution is 2.48. The van der Waals surface area contributed by atoms with Crippen molar-refractivity contribution in [3.63, 3.8) is 0 Å². The van der Waals surface area contributed by atoms with Gasteiger partial charge in [-0.15, -0.1) is 12.4 Å². The quantitative estimate of drug-likeness (QED) is 0.815. The van der Waals surface area contributed by atoms with Gasteiger partial charge in [-0.1, -0.05) is 29.8 Å². The van der Waals surface area contributed by atoms with Gasteiger partial charge in [0.15, 0.2) is 0 Å². The van der Waals surface area contributed by atoms with Crippen LogP contribution in [0.5, 0.6) is 0 Å². The van der Waals surface area contributed by atoms with E-state index in [0.717, 1.165) is 23.4 Å². The summed E-state index contributed by atoms with van der Waals surface area (Å²) in [6.07, 6.45) is 2.15. The van der Waals surface area contributed by atoms with Crippen LogP contribution >= 0.6 is 24.0 Å². The molecule has 3 nitrogen and oxygen atoms in total. The van der Waals surface area contributed by atoms with Crippen LogP contribution in [0.1, 0.15) is 34.3 Å². The summed E-state index contributed by atoms with van der Waals surface area (Å²) in [5.74, 6) is -0.0712. The number of nitrogens with one attached hydrogen (secondary N) is 1. The smallest absolute Gasteiger partial charge is 0.251 e. The molecule has 0 spiro atoms. The van der Waals surface area contributed by atoms with Crippen LogP contribution in [0.15, 0.2) is 42.5 Å². The van der Waals surface area contributed by atoms with Crippen molar-refractivity contribution in [3.8, 4) is 0 Å². The van der Waals surface area contributed by atoms with Gasteiger partial charge in [-0.25, -0.2) is 0 Å². The zero-order valence-electron chi connectivity index (χ0n) is 12.9. The Bertz CT molecular complexity index is 727. The van der Waals surface area contributed by atoms with Crippen LogP contribution in [-0.4, -0.2) is 12.5 Å². The molecule has 0 heterocycles. The van der Waals surface area contributed by atoms with Gasteiger partial charge < -0.3 is 11.1 Å². The van der Waals surface area contributed by atoms with Crippen LogP contribution in [-0.2, 0) is 5.41 Å². The highest BCUT2D eigenvalue weighted by Gasteiger charge is 2.44. The number of nitrogens with two attached hydrogens (primary N) is 1. The van der Waals surface area contributed by atoms with Gasteiger partial charge in [0.2, 0.25) is 0 Å². The fourth-order valence-corrected chi connectivity index (χ4v) is 2.96. The Morgan fingerprint density at radius 3 is 2.65 bits per heavy atom. The molecule has 0 unspecified atom stereocenters. The molecule has 2 aromatic rings. The van der Waals surface area contributed by atoms with Gasteiger partial charge in [0, 0.05) is 28.2 Å². The molecule has 23 heavy (non-hydrogen) atoms. The number of halogens is 2. The molecule has 0 aliphatic heterocycles. The van der Waals surface area contributed by atoms with E-state index in [2.05, 4.69) is 11.4 Å². The number of anilines is 1. The van der Waals surface area contributed by atoms with Crippen molar-refractivity contribution < 1.29 is 4.79 Å². The minimum absolute atomic E-state index is 0. The third-order valence-electron chi connectivity index (χ3n) is 4.38. The maximum atomic E-state index is 12.4. The summed E-state index contributed by atoms with van der Waals surface area (Å²) in [5, 5.41) is 3.79. The molecule has 0 aromatic heterocycles. The Labute approximate surface area is 147 Å². The van der Waals surface area contributed by atoms with E-state index in [4.69, 9.17) is 17.3 Å². The van der Waals surface area contributed by atoms with Gasteiger partial charge in [0.1, 0.15) is 0 Å². The zero-order valence-corrected chi connectivity index (χ0v) is 14.5. The molecule has 0 saturated heterocycles. The first-order valence-corrected chi connectivity index (χ1v) is 7.78. The first-order chi connectivity index (χ1) is 10.5. The lowest BCUT2D eigenvalue weighted by Gasteiger charge is -2.17. The summed E-state index contributed by atoms with van der Waals surface area (Å²) < 4.78 is 0. The van der Waals surface area contributed by atoms with Crippen molar-refractivity contribution in [2.45, 2.75) is 25.2 Å². The molecule has 1 aliphatic rings. The van der Waals surface area contributed by atoms with Gasteiger partial charge in [0.25, 0.3) is 5.91 Å². The molecule has 3 N–H and O–H groups in total.